The molecule has 134 valence electrons. The van der Waals surface area contributed by atoms with Gasteiger partial charge in [0.2, 0.25) is 0 Å². The Labute approximate surface area is 152 Å². The summed E-state index contributed by atoms with van der Waals surface area (Å²) in [6, 6.07) is 10.2. The molecular weight excluding hydrogens is 338 g/mol. The van der Waals surface area contributed by atoms with Crippen molar-refractivity contribution >= 4 is 17.3 Å². The van der Waals surface area contributed by atoms with Crippen LogP contribution in [0.5, 0.6) is 0 Å². The fraction of sp³-hybridized carbons (Fsp3) is 0.421. The van der Waals surface area contributed by atoms with Crippen molar-refractivity contribution in [1.82, 2.24) is 9.47 Å². The van der Waals surface area contributed by atoms with Crippen molar-refractivity contribution in [3.05, 3.63) is 63.0 Å². The average molecular weight is 362 g/mol. The van der Waals surface area contributed by atoms with Crippen LogP contribution in [0.1, 0.15) is 23.5 Å². The average Bonchev–Trinajstić information content (AvgIpc) is 2.62. The first-order chi connectivity index (χ1) is 12.0. The van der Waals surface area contributed by atoms with Gasteiger partial charge in [-0.15, -0.1) is 0 Å². The topological polar surface area (TPSA) is 57.5 Å². The molecule has 6 heteroatoms. The van der Waals surface area contributed by atoms with Gasteiger partial charge in [0, 0.05) is 32.4 Å². The molecule has 2 atom stereocenters. The molecule has 0 bridgehead atoms. The van der Waals surface area contributed by atoms with E-state index in [4.69, 9.17) is 11.6 Å². The minimum atomic E-state index is -0.188. The number of hydrogen-bond donors (Lipinski definition) is 2. The van der Waals surface area contributed by atoms with Crippen molar-refractivity contribution in [1.29, 1.82) is 0 Å². The van der Waals surface area contributed by atoms with Crippen molar-refractivity contribution in [2.24, 2.45) is 7.05 Å². The lowest BCUT2D eigenvalue weighted by atomic mass is 9.88. The second-order valence-electron chi connectivity index (χ2n) is 6.85. The van der Waals surface area contributed by atoms with Crippen molar-refractivity contribution in [3.8, 4) is 0 Å². The zero-order valence-electron chi connectivity index (χ0n) is 14.6. The first kappa shape index (κ1) is 18.0. The van der Waals surface area contributed by atoms with E-state index in [0.717, 1.165) is 25.1 Å². The van der Waals surface area contributed by atoms with Gasteiger partial charge in [-0.3, -0.25) is 4.79 Å². The molecule has 25 heavy (non-hydrogen) atoms. The van der Waals surface area contributed by atoms with Crippen LogP contribution in [0, 0.1) is 0 Å². The number of halogens is 1. The SMILES string of the molecule is CN1C[C@H](Nc2ccn(C)c(=O)c2Cl)C[C@H](c2ccc(CO)cc2)C1. The molecule has 5 nitrogen and oxygen atoms in total. The van der Waals surface area contributed by atoms with Gasteiger partial charge in [-0.2, -0.15) is 0 Å². The predicted molar refractivity (Wildman–Crippen MR) is 101 cm³/mol. The summed E-state index contributed by atoms with van der Waals surface area (Å²) in [6.45, 7) is 1.95. The number of rotatable bonds is 4. The summed E-state index contributed by atoms with van der Waals surface area (Å²) in [6.07, 6.45) is 2.70. The van der Waals surface area contributed by atoms with Crippen molar-refractivity contribution in [3.63, 3.8) is 0 Å². The van der Waals surface area contributed by atoms with Gasteiger partial charge in [-0.25, -0.2) is 0 Å². The number of aromatic nitrogens is 1. The third kappa shape index (κ3) is 4.06. The Balaban J connectivity index is 1.76. The van der Waals surface area contributed by atoms with Crippen LogP contribution >= 0.6 is 11.6 Å². The van der Waals surface area contributed by atoms with Crippen LogP contribution in [0.25, 0.3) is 0 Å². The minimum absolute atomic E-state index is 0.0660. The van der Waals surface area contributed by atoms with Crippen LogP contribution in [0.4, 0.5) is 5.69 Å². The molecule has 0 radical (unpaired) electrons. The second kappa shape index (κ2) is 7.60. The molecule has 1 aliphatic heterocycles. The first-order valence-corrected chi connectivity index (χ1v) is 8.85. The van der Waals surface area contributed by atoms with Crippen molar-refractivity contribution < 1.29 is 5.11 Å². The molecule has 1 aliphatic rings. The Hall–Kier alpha value is -1.82. The van der Waals surface area contributed by atoms with Gasteiger partial charge >= 0.3 is 0 Å². The molecule has 3 rings (SSSR count). The number of nitrogens with one attached hydrogen (secondary N) is 1. The van der Waals surface area contributed by atoms with Crippen LogP contribution in [-0.2, 0) is 13.7 Å². The summed E-state index contributed by atoms with van der Waals surface area (Å²) in [5.41, 5.74) is 2.70. The lowest BCUT2D eigenvalue weighted by molar-refractivity contribution is 0.235. The summed E-state index contributed by atoms with van der Waals surface area (Å²) in [7, 11) is 3.80. The van der Waals surface area contributed by atoms with E-state index < -0.39 is 0 Å². The monoisotopic (exact) mass is 361 g/mol. The number of likely N-dealkylation sites (tertiary alicyclic amines) is 1. The van der Waals surface area contributed by atoms with E-state index in [1.54, 1.807) is 13.2 Å². The highest BCUT2D eigenvalue weighted by Crippen LogP contribution is 2.29. The van der Waals surface area contributed by atoms with Gasteiger partial charge in [0.05, 0.1) is 12.3 Å². The number of piperidine rings is 1. The van der Waals surface area contributed by atoms with Gasteiger partial charge in [0.1, 0.15) is 5.02 Å². The number of hydrogen-bond acceptors (Lipinski definition) is 4. The van der Waals surface area contributed by atoms with Crippen LogP contribution in [-0.4, -0.2) is 40.8 Å². The fourth-order valence-corrected chi connectivity index (χ4v) is 3.74. The van der Waals surface area contributed by atoms with Crippen LogP contribution in [0.3, 0.4) is 0 Å². The van der Waals surface area contributed by atoms with E-state index in [9.17, 15) is 9.90 Å². The van der Waals surface area contributed by atoms with E-state index in [1.807, 2.05) is 18.2 Å². The Morgan fingerprint density at radius 3 is 2.60 bits per heavy atom. The maximum atomic E-state index is 12.0. The summed E-state index contributed by atoms with van der Waals surface area (Å²) < 4.78 is 1.48. The largest absolute Gasteiger partial charge is 0.392 e. The Morgan fingerprint density at radius 1 is 1.20 bits per heavy atom. The van der Waals surface area contributed by atoms with E-state index in [-0.39, 0.29) is 23.2 Å². The summed E-state index contributed by atoms with van der Waals surface area (Å²) in [5, 5.41) is 12.9. The van der Waals surface area contributed by atoms with E-state index in [0.29, 0.717) is 11.6 Å². The van der Waals surface area contributed by atoms with Gasteiger partial charge in [-0.1, -0.05) is 35.9 Å². The lowest BCUT2D eigenvalue weighted by Gasteiger charge is -2.37. The number of anilines is 1. The van der Waals surface area contributed by atoms with Gasteiger partial charge in [-0.05, 0) is 36.6 Å². The number of benzene rings is 1. The molecule has 0 saturated carbocycles. The highest BCUT2D eigenvalue weighted by molar-refractivity contribution is 6.33. The van der Waals surface area contributed by atoms with E-state index in [1.165, 1.54) is 10.1 Å². The highest BCUT2D eigenvalue weighted by atomic mass is 35.5. The molecule has 0 spiro atoms. The number of pyridine rings is 1. The highest BCUT2D eigenvalue weighted by Gasteiger charge is 2.27. The maximum absolute atomic E-state index is 12.0. The second-order valence-corrected chi connectivity index (χ2v) is 7.23. The number of aryl methyl sites for hydroxylation is 1. The Bertz CT molecular complexity index is 788. The Morgan fingerprint density at radius 2 is 1.92 bits per heavy atom. The third-order valence-corrected chi connectivity index (χ3v) is 5.20. The quantitative estimate of drug-likeness (QED) is 0.878. The minimum Gasteiger partial charge on any atom is -0.392 e. The summed E-state index contributed by atoms with van der Waals surface area (Å²) >= 11 is 6.21. The maximum Gasteiger partial charge on any atom is 0.271 e. The molecule has 1 aromatic carbocycles. The van der Waals surface area contributed by atoms with E-state index >= 15 is 0 Å². The normalized spacial score (nSPS) is 21.3. The molecule has 1 aromatic heterocycles. The standard InChI is InChI=1S/C19H24ClN3O2/c1-22-10-15(14-5-3-13(12-24)4-6-14)9-16(11-22)21-17-7-8-23(2)19(25)18(17)20/h3-8,15-16,21,24H,9-12H2,1-2H3/t15-,16+/m0/s1. The fourth-order valence-electron chi connectivity index (χ4n) is 3.49. The molecule has 2 heterocycles. The zero-order chi connectivity index (χ0) is 18.0. The summed E-state index contributed by atoms with van der Waals surface area (Å²) in [4.78, 5) is 14.3. The predicted octanol–water partition coefficient (Wildman–Crippen LogP) is 2.43. The lowest BCUT2D eigenvalue weighted by Crippen LogP contribution is -2.43. The zero-order valence-corrected chi connectivity index (χ0v) is 15.3. The third-order valence-electron chi connectivity index (χ3n) is 4.84. The van der Waals surface area contributed by atoms with Gasteiger partial charge in [0.25, 0.3) is 5.56 Å². The number of aliphatic hydroxyl groups excluding tert-OH is 1. The van der Waals surface area contributed by atoms with Crippen molar-refractivity contribution in [2.45, 2.75) is 25.0 Å². The molecule has 1 saturated heterocycles. The molecule has 2 N–H and O–H groups in total. The first-order valence-electron chi connectivity index (χ1n) is 8.48. The van der Waals surface area contributed by atoms with Crippen LogP contribution in [0.15, 0.2) is 41.3 Å². The molecule has 2 aromatic rings. The summed E-state index contributed by atoms with van der Waals surface area (Å²) in [5.74, 6) is 0.398. The molecule has 0 unspecified atom stereocenters. The van der Waals surface area contributed by atoms with Crippen LogP contribution in [0.2, 0.25) is 5.02 Å². The van der Waals surface area contributed by atoms with Gasteiger partial charge in [0.15, 0.2) is 0 Å². The van der Waals surface area contributed by atoms with Gasteiger partial charge < -0.3 is 19.9 Å². The smallest absolute Gasteiger partial charge is 0.271 e. The molecular formula is C19H24ClN3O2. The van der Waals surface area contributed by atoms with Crippen molar-refractivity contribution in [2.75, 3.05) is 25.5 Å². The number of nitrogens with zero attached hydrogens (tertiary/aromatic N) is 2. The van der Waals surface area contributed by atoms with E-state index in [2.05, 4.69) is 29.4 Å². The Kier molecular flexibility index (Phi) is 5.47. The number of likely N-dealkylation sites (N-methyl/N-ethyl adjacent to an activating group) is 1. The molecule has 0 aliphatic carbocycles. The molecule has 1 fully saturated rings. The number of aliphatic hydroxyl groups is 1. The molecule has 0 amide bonds. The van der Waals surface area contributed by atoms with Crippen LogP contribution < -0.4 is 10.9 Å².